The summed E-state index contributed by atoms with van der Waals surface area (Å²) >= 11 is 0. The fourth-order valence-electron chi connectivity index (χ4n) is 1.57. The van der Waals surface area contributed by atoms with Gasteiger partial charge in [-0.3, -0.25) is 4.90 Å². The van der Waals surface area contributed by atoms with Crippen molar-refractivity contribution in [2.24, 2.45) is 0 Å². The number of ether oxygens (including phenoxy) is 1. The number of β-amino-alcohol motifs (C(OH)–C–C–N with tert-alkyl or cyclic N) is 1. The molecule has 0 aromatic heterocycles. The molecule has 0 bridgehead atoms. The number of methoxy groups -OCH3 is 1. The third-order valence-corrected chi connectivity index (χ3v) is 2.29. The zero-order chi connectivity index (χ0) is 10.6. The van der Waals surface area contributed by atoms with E-state index in [-0.39, 0.29) is 6.04 Å². The summed E-state index contributed by atoms with van der Waals surface area (Å²) in [6.45, 7) is 2.34. The Bertz CT molecular complexity index is 200. The van der Waals surface area contributed by atoms with E-state index >= 15 is 0 Å². The number of nitrogens with zero attached hydrogens (tertiary/aromatic N) is 1. The Morgan fingerprint density at radius 2 is 2.36 bits per heavy atom. The number of hydrogen-bond acceptors (Lipinski definition) is 4. The van der Waals surface area contributed by atoms with Crippen molar-refractivity contribution in [1.29, 1.82) is 0 Å². The molecule has 1 fully saturated rings. The lowest BCUT2D eigenvalue weighted by Gasteiger charge is -2.14. The molecule has 6 heteroatoms. The summed E-state index contributed by atoms with van der Waals surface area (Å²) in [6.07, 6.45) is -1.72. The molecule has 1 aliphatic rings. The van der Waals surface area contributed by atoms with Crippen molar-refractivity contribution < 1.29 is 19.7 Å². The van der Waals surface area contributed by atoms with E-state index in [1.54, 1.807) is 7.11 Å². The van der Waals surface area contributed by atoms with Gasteiger partial charge in [0.15, 0.2) is 0 Å². The largest absolute Gasteiger partial charge is 0.465 e. The molecule has 1 amide bonds. The first-order valence-electron chi connectivity index (χ1n) is 4.52. The normalized spacial score (nSPS) is 27.9. The van der Waals surface area contributed by atoms with Gasteiger partial charge in [-0.1, -0.05) is 0 Å². The number of likely N-dealkylation sites (tertiary alicyclic amines) is 1. The van der Waals surface area contributed by atoms with Crippen LogP contribution >= 0.6 is 0 Å². The Hall–Kier alpha value is -0.850. The van der Waals surface area contributed by atoms with E-state index in [1.165, 1.54) is 0 Å². The molecule has 0 aromatic carbocycles. The Morgan fingerprint density at radius 3 is 2.93 bits per heavy atom. The number of aliphatic hydroxyl groups excluding tert-OH is 1. The standard InChI is InChI=1S/C8H16N2O4/c1-14-3-2-10-4-6(7(11)5-10)9-8(12)13/h6-7,9,11H,2-5H2,1H3,(H,12,13)/t6-,7-/m1/s1. The van der Waals surface area contributed by atoms with Gasteiger partial charge < -0.3 is 20.3 Å². The van der Waals surface area contributed by atoms with Gasteiger partial charge in [0.2, 0.25) is 0 Å². The molecule has 0 unspecified atom stereocenters. The van der Waals surface area contributed by atoms with Crippen LogP contribution in [0.1, 0.15) is 0 Å². The van der Waals surface area contributed by atoms with Crippen molar-refractivity contribution in [3.05, 3.63) is 0 Å². The minimum absolute atomic E-state index is 0.385. The lowest BCUT2D eigenvalue weighted by molar-refractivity contribution is 0.133. The average Bonchev–Trinajstić information content (AvgIpc) is 2.43. The summed E-state index contributed by atoms with van der Waals surface area (Å²) in [7, 11) is 1.61. The maximum atomic E-state index is 10.4. The fraction of sp³-hybridized carbons (Fsp3) is 0.875. The smallest absolute Gasteiger partial charge is 0.405 e. The SMILES string of the molecule is COCCN1C[C@@H](O)[C@H](NC(=O)O)C1. The van der Waals surface area contributed by atoms with Crippen LogP contribution in [-0.4, -0.2) is 66.7 Å². The summed E-state index contributed by atoms with van der Waals surface area (Å²) in [6, 6.07) is -0.385. The zero-order valence-corrected chi connectivity index (χ0v) is 8.14. The van der Waals surface area contributed by atoms with Crippen molar-refractivity contribution in [2.45, 2.75) is 12.1 Å². The molecule has 82 valence electrons. The van der Waals surface area contributed by atoms with Gasteiger partial charge in [-0.05, 0) is 0 Å². The van der Waals surface area contributed by atoms with E-state index in [4.69, 9.17) is 9.84 Å². The van der Waals surface area contributed by atoms with E-state index in [0.29, 0.717) is 26.2 Å². The molecule has 0 spiro atoms. The molecule has 3 N–H and O–H groups in total. The predicted octanol–water partition coefficient (Wildman–Crippen LogP) is -1.05. The summed E-state index contributed by atoms with van der Waals surface area (Å²) in [5.41, 5.74) is 0. The molecular formula is C8H16N2O4. The van der Waals surface area contributed by atoms with Crippen LogP contribution in [0.3, 0.4) is 0 Å². The van der Waals surface area contributed by atoms with Crippen molar-refractivity contribution in [3.63, 3.8) is 0 Å². The lowest BCUT2D eigenvalue weighted by Crippen LogP contribution is -2.42. The van der Waals surface area contributed by atoms with Crippen molar-refractivity contribution >= 4 is 6.09 Å². The third kappa shape index (κ3) is 3.13. The maximum absolute atomic E-state index is 10.4. The van der Waals surface area contributed by atoms with Crippen molar-refractivity contribution in [1.82, 2.24) is 10.2 Å². The number of aliphatic hydroxyl groups is 1. The molecular weight excluding hydrogens is 188 g/mol. The van der Waals surface area contributed by atoms with Crippen LogP contribution in [0, 0.1) is 0 Å². The average molecular weight is 204 g/mol. The van der Waals surface area contributed by atoms with Crippen LogP contribution in [0.25, 0.3) is 0 Å². The molecule has 0 aliphatic carbocycles. The van der Waals surface area contributed by atoms with Crippen LogP contribution in [0.15, 0.2) is 0 Å². The number of nitrogens with one attached hydrogen (secondary N) is 1. The molecule has 0 aromatic rings. The Labute approximate surface area is 82.5 Å². The van der Waals surface area contributed by atoms with Crippen LogP contribution in [0.4, 0.5) is 4.79 Å². The van der Waals surface area contributed by atoms with E-state index < -0.39 is 12.2 Å². The van der Waals surface area contributed by atoms with E-state index in [9.17, 15) is 9.90 Å². The van der Waals surface area contributed by atoms with E-state index in [1.807, 2.05) is 4.90 Å². The molecule has 1 rings (SSSR count). The summed E-state index contributed by atoms with van der Waals surface area (Å²) in [4.78, 5) is 12.3. The first-order chi connectivity index (χ1) is 6.63. The highest BCUT2D eigenvalue weighted by Gasteiger charge is 2.31. The molecule has 1 heterocycles. The minimum atomic E-state index is -1.09. The second-order valence-electron chi connectivity index (χ2n) is 3.38. The monoisotopic (exact) mass is 204 g/mol. The van der Waals surface area contributed by atoms with Gasteiger partial charge in [0.25, 0.3) is 0 Å². The number of amides is 1. The second-order valence-corrected chi connectivity index (χ2v) is 3.38. The van der Waals surface area contributed by atoms with Crippen LogP contribution in [0.2, 0.25) is 0 Å². The van der Waals surface area contributed by atoms with E-state index in [0.717, 1.165) is 0 Å². The topological polar surface area (TPSA) is 82.0 Å². The van der Waals surface area contributed by atoms with Crippen LogP contribution < -0.4 is 5.32 Å². The Morgan fingerprint density at radius 1 is 1.64 bits per heavy atom. The molecule has 1 aliphatic heterocycles. The number of carboxylic acid groups (broad SMARTS) is 1. The second kappa shape index (κ2) is 5.14. The molecule has 0 radical (unpaired) electrons. The lowest BCUT2D eigenvalue weighted by atomic mass is 10.2. The van der Waals surface area contributed by atoms with Gasteiger partial charge in [0.05, 0.1) is 18.8 Å². The minimum Gasteiger partial charge on any atom is -0.465 e. The fourth-order valence-corrected chi connectivity index (χ4v) is 1.57. The zero-order valence-electron chi connectivity index (χ0n) is 8.14. The highest BCUT2D eigenvalue weighted by molar-refractivity contribution is 5.65. The highest BCUT2D eigenvalue weighted by Crippen LogP contribution is 2.09. The van der Waals surface area contributed by atoms with E-state index in [2.05, 4.69) is 5.32 Å². The number of carbonyl (C=O) groups is 1. The van der Waals surface area contributed by atoms with Gasteiger partial charge in [0.1, 0.15) is 0 Å². The summed E-state index contributed by atoms with van der Waals surface area (Å²) < 4.78 is 4.90. The van der Waals surface area contributed by atoms with Gasteiger partial charge in [0, 0.05) is 26.7 Å². The van der Waals surface area contributed by atoms with Gasteiger partial charge in [-0.15, -0.1) is 0 Å². The molecule has 1 saturated heterocycles. The van der Waals surface area contributed by atoms with Gasteiger partial charge in [-0.25, -0.2) is 4.79 Å². The molecule has 14 heavy (non-hydrogen) atoms. The van der Waals surface area contributed by atoms with Crippen molar-refractivity contribution in [3.8, 4) is 0 Å². The summed E-state index contributed by atoms with van der Waals surface area (Å²) in [5.74, 6) is 0. The van der Waals surface area contributed by atoms with Gasteiger partial charge >= 0.3 is 6.09 Å². The maximum Gasteiger partial charge on any atom is 0.405 e. The Balaban J connectivity index is 2.31. The van der Waals surface area contributed by atoms with Gasteiger partial charge in [-0.2, -0.15) is 0 Å². The highest BCUT2D eigenvalue weighted by atomic mass is 16.5. The Kier molecular flexibility index (Phi) is 4.12. The third-order valence-electron chi connectivity index (χ3n) is 2.29. The van der Waals surface area contributed by atoms with Crippen LogP contribution in [-0.2, 0) is 4.74 Å². The number of hydrogen-bond donors (Lipinski definition) is 3. The van der Waals surface area contributed by atoms with Crippen LogP contribution in [0.5, 0.6) is 0 Å². The predicted molar refractivity (Wildman–Crippen MR) is 49.3 cm³/mol. The first kappa shape index (κ1) is 11.2. The molecule has 6 nitrogen and oxygen atoms in total. The van der Waals surface area contributed by atoms with Crippen molar-refractivity contribution in [2.75, 3.05) is 33.4 Å². The molecule has 0 saturated carbocycles. The quantitative estimate of drug-likeness (QED) is 0.544. The molecule has 2 atom stereocenters. The first-order valence-corrected chi connectivity index (χ1v) is 4.52. The number of rotatable bonds is 4. The summed E-state index contributed by atoms with van der Waals surface area (Å²) in [5, 5.41) is 20.3.